The molecule has 1 fully saturated rings. The second kappa shape index (κ2) is 10.3. The number of phenols is 1. The van der Waals surface area contributed by atoms with Gasteiger partial charge in [-0.05, 0) is 49.9 Å². The lowest BCUT2D eigenvalue weighted by molar-refractivity contribution is -0.386. The van der Waals surface area contributed by atoms with E-state index in [2.05, 4.69) is 4.90 Å². The molecule has 0 saturated carbocycles. The van der Waals surface area contributed by atoms with Crippen molar-refractivity contribution in [2.45, 2.75) is 58.6 Å². The molecule has 8 heteroatoms. The van der Waals surface area contributed by atoms with Gasteiger partial charge in [-0.2, -0.15) is 0 Å². The van der Waals surface area contributed by atoms with Crippen molar-refractivity contribution in [3.63, 3.8) is 0 Å². The van der Waals surface area contributed by atoms with Crippen molar-refractivity contribution in [2.75, 3.05) is 13.1 Å². The van der Waals surface area contributed by atoms with Gasteiger partial charge in [0, 0.05) is 36.3 Å². The second-order valence-electron chi connectivity index (χ2n) is 8.68. The Labute approximate surface area is 197 Å². The second-order valence-corrected chi connectivity index (χ2v) is 8.68. The van der Waals surface area contributed by atoms with Gasteiger partial charge in [0.05, 0.1) is 10.3 Å². The number of aromatic hydroxyl groups is 1. The summed E-state index contributed by atoms with van der Waals surface area (Å²) in [6.07, 6.45) is 5.08. The third kappa shape index (κ3) is 4.77. The van der Waals surface area contributed by atoms with Crippen LogP contribution in [-0.2, 0) is 6.42 Å². The van der Waals surface area contributed by atoms with E-state index in [1.165, 1.54) is 24.6 Å². The van der Waals surface area contributed by atoms with Crippen LogP contribution in [0.15, 0.2) is 45.6 Å². The molecule has 3 aromatic rings. The summed E-state index contributed by atoms with van der Waals surface area (Å²) in [6, 6.07) is 8.94. The number of aryl methyl sites for hydroxylation is 1. The smallest absolute Gasteiger partial charge is 0.311 e. The molecule has 0 bridgehead atoms. The Bertz CT molecular complexity index is 1250. The number of likely N-dealkylation sites (tertiary alicyclic amines) is 1. The summed E-state index contributed by atoms with van der Waals surface area (Å²) in [5.74, 6) is 0.494. The maximum atomic E-state index is 12.8. The number of nitrogens with zero attached hydrogens (tertiary/aromatic N) is 2. The topological polar surface area (TPSA) is 106 Å². The lowest BCUT2D eigenvalue weighted by Gasteiger charge is -2.33. The van der Waals surface area contributed by atoms with E-state index in [1.807, 2.05) is 13.8 Å². The molecule has 1 atom stereocenters. The molecule has 0 spiro atoms. The first-order chi connectivity index (χ1) is 16.4. The Morgan fingerprint density at radius 3 is 2.59 bits per heavy atom. The number of hydrogen-bond donors (Lipinski definition) is 1. The van der Waals surface area contributed by atoms with Crippen LogP contribution in [0, 0.1) is 10.1 Å². The fourth-order valence-corrected chi connectivity index (χ4v) is 4.58. The van der Waals surface area contributed by atoms with Gasteiger partial charge in [-0.15, -0.1) is 0 Å². The van der Waals surface area contributed by atoms with Crippen molar-refractivity contribution in [3.8, 4) is 22.8 Å². The number of ether oxygens (including phenoxy) is 1. The normalized spacial score (nSPS) is 15.4. The van der Waals surface area contributed by atoms with Gasteiger partial charge < -0.3 is 14.3 Å². The van der Waals surface area contributed by atoms with Crippen molar-refractivity contribution >= 4 is 16.7 Å². The SMILES string of the molecule is CCCc1c(O)ccc2c(=O)cc(-c3ccc([N+](=O)[O-])c(OC(CC)N4CCCCC4)c3)oc12. The average Bonchev–Trinajstić information content (AvgIpc) is 2.84. The van der Waals surface area contributed by atoms with Crippen LogP contribution in [-0.4, -0.2) is 34.2 Å². The predicted molar refractivity (Wildman–Crippen MR) is 130 cm³/mol. The first-order valence-corrected chi connectivity index (χ1v) is 11.9. The lowest BCUT2D eigenvalue weighted by atomic mass is 10.0. The average molecular weight is 467 g/mol. The number of piperidine rings is 1. The number of hydrogen-bond acceptors (Lipinski definition) is 7. The molecule has 1 aliphatic rings. The van der Waals surface area contributed by atoms with Crippen LogP contribution >= 0.6 is 0 Å². The number of nitro groups is 1. The summed E-state index contributed by atoms with van der Waals surface area (Å²) >= 11 is 0. The third-order valence-electron chi connectivity index (χ3n) is 6.33. The molecule has 1 saturated heterocycles. The molecule has 0 radical (unpaired) electrons. The first kappa shape index (κ1) is 23.8. The summed E-state index contributed by atoms with van der Waals surface area (Å²) < 4.78 is 12.3. The van der Waals surface area contributed by atoms with Gasteiger partial charge >= 0.3 is 5.69 Å². The molecule has 0 aliphatic carbocycles. The van der Waals surface area contributed by atoms with Crippen molar-refractivity contribution in [2.24, 2.45) is 0 Å². The van der Waals surface area contributed by atoms with Gasteiger partial charge in [0.2, 0.25) is 0 Å². The number of phenolic OH excluding ortho intramolecular Hbond substituents is 1. The van der Waals surface area contributed by atoms with Crippen molar-refractivity contribution in [1.82, 2.24) is 4.90 Å². The molecule has 0 amide bonds. The van der Waals surface area contributed by atoms with Crippen LogP contribution in [0.2, 0.25) is 0 Å². The Morgan fingerprint density at radius 2 is 1.91 bits per heavy atom. The molecular weight excluding hydrogens is 436 g/mol. The summed E-state index contributed by atoms with van der Waals surface area (Å²) in [7, 11) is 0. The minimum Gasteiger partial charge on any atom is -0.508 e. The van der Waals surface area contributed by atoms with E-state index in [0.29, 0.717) is 34.9 Å². The maximum absolute atomic E-state index is 12.8. The van der Waals surface area contributed by atoms with E-state index in [0.717, 1.165) is 32.4 Å². The molecular formula is C26H30N2O6. The number of rotatable bonds is 8. The molecule has 1 N–H and O–H groups in total. The summed E-state index contributed by atoms with van der Waals surface area (Å²) in [5, 5.41) is 22.4. The molecule has 180 valence electrons. The Morgan fingerprint density at radius 1 is 1.15 bits per heavy atom. The highest BCUT2D eigenvalue weighted by atomic mass is 16.6. The van der Waals surface area contributed by atoms with E-state index >= 15 is 0 Å². The molecule has 2 aromatic carbocycles. The van der Waals surface area contributed by atoms with E-state index in [9.17, 15) is 20.0 Å². The van der Waals surface area contributed by atoms with Crippen molar-refractivity contribution in [1.29, 1.82) is 0 Å². The molecule has 8 nitrogen and oxygen atoms in total. The van der Waals surface area contributed by atoms with E-state index in [4.69, 9.17) is 9.15 Å². The summed E-state index contributed by atoms with van der Waals surface area (Å²) in [5.41, 5.74) is 1.04. The largest absolute Gasteiger partial charge is 0.508 e. The number of nitro benzene ring substituents is 1. The Kier molecular flexibility index (Phi) is 7.17. The van der Waals surface area contributed by atoms with Crippen LogP contribution in [0.1, 0.15) is 51.5 Å². The van der Waals surface area contributed by atoms with Crippen molar-refractivity contribution < 1.29 is 19.2 Å². The van der Waals surface area contributed by atoms with E-state index in [1.54, 1.807) is 18.2 Å². The summed E-state index contributed by atoms with van der Waals surface area (Å²) in [4.78, 5) is 26.3. The third-order valence-corrected chi connectivity index (χ3v) is 6.33. The minimum absolute atomic E-state index is 0.0784. The van der Waals surface area contributed by atoms with Crippen LogP contribution in [0.3, 0.4) is 0 Å². The summed E-state index contributed by atoms with van der Waals surface area (Å²) in [6.45, 7) is 5.77. The van der Waals surface area contributed by atoms with Crippen LogP contribution < -0.4 is 10.2 Å². The fourth-order valence-electron chi connectivity index (χ4n) is 4.58. The Hall–Kier alpha value is -3.39. The quantitative estimate of drug-likeness (QED) is 0.339. The highest BCUT2D eigenvalue weighted by molar-refractivity contribution is 5.84. The van der Waals surface area contributed by atoms with Crippen LogP contribution in [0.5, 0.6) is 11.5 Å². The maximum Gasteiger partial charge on any atom is 0.311 e. The van der Waals surface area contributed by atoms with E-state index in [-0.39, 0.29) is 34.6 Å². The standard InChI is InChI=1S/C26H30N2O6/c1-3-8-18-21(29)12-10-19-22(30)16-23(34-26(18)19)17-9-11-20(28(31)32)24(15-17)33-25(4-2)27-13-6-5-7-14-27/h9-12,15-16,25,29H,3-8,13-14H2,1-2H3. The molecule has 1 unspecified atom stereocenters. The Balaban J connectivity index is 1.78. The zero-order chi connectivity index (χ0) is 24.2. The first-order valence-electron chi connectivity index (χ1n) is 11.9. The van der Waals surface area contributed by atoms with E-state index < -0.39 is 4.92 Å². The fraction of sp³-hybridized carbons (Fsp3) is 0.423. The predicted octanol–water partition coefficient (Wildman–Crippen LogP) is 5.63. The minimum atomic E-state index is -0.462. The molecule has 1 aliphatic heterocycles. The van der Waals surface area contributed by atoms with Crippen LogP contribution in [0.4, 0.5) is 5.69 Å². The monoisotopic (exact) mass is 466 g/mol. The molecule has 4 rings (SSSR count). The lowest BCUT2D eigenvalue weighted by Crippen LogP contribution is -2.42. The van der Waals surface area contributed by atoms with Gasteiger partial charge in [0.25, 0.3) is 0 Å². The van der Waals surface area contributed by atoms with Gasteiger partial charge in [-0.1, -0.05) is 26.7 Å². The highest BCUT2D eigenvalue weighted by Crippen LogP contribution is 2.36. The van der Waals surface area contributed by atoms with Gasteiger partial charge in [0.1, 0.15) is 17.1 Å². The highest BCUT2D eigenvalue weighted by Gasteiger charge is 2.25. The van der Waals surface area contributed by atoms with Crippen LogP contribution in [0.25, 0.3) is 22.3 Å². The van der Waals surface area contributed by atoms with Gasteiger partial charge in [-0.3, -0.25) is 19.8 Å². The number of benzene rings is 2. The molecule has 1 aromatic heterocycles. The van der Waals surface area contributed by atoms with Gasteiger partial charge in [-0.25, -0.2) is 0 Å². The van der Waals surface area contributed by atoms with Gasteiger partial charge in [0.15, 0.2) is 17.4 Å². The molecule has 2 heterocycles. The number of fused-ring (bicyclic) bond motifs is 1. The zero-order valence-electron chi connectivity index (χ0n) is 19.6. The molecule has 34 heavy (non-hydrogen) atoms. The zero-order valence-corrected chi connectivity index (χ0v) is 19.6. The van der Waals surface area contributed by atoms with Crippen molar-refractivity contribution in [3.05, 3.63) is 62.3 Å².